The maximum atomic E-state index is 11.8. The minimum absolute atomic E-state index is 0.148. The van der Waals surface area contributed by atoms with Gasteiger partial charge >= 0.3 is 0 Å². The van der Waals surface area contributed by atoms with Crippen LogP contribution in [0.3, 0.4) is 0 Å². The Morgan fingerprint density at radius 2 is 1.54 bits per heavy atom. The third kappa shape index (κ3) is 7.12. The van der Waals surface area contributed by atoms with Gasteiger partial charge in [-0.25, -0.2) is 0 Å². The zero-order chi connectivity index (χ0) is 18.9. The fourth-order valence-corrected chi connectivity index (χ4v) is 2.63. The summed E-state index contributed by atoms with van der Waals surface area (Å²) in [6.07, 6.45) is 0.819. The summed E-state index contributed by atoms with van der Waals surface area (Å²) in [7, 11) is 0. The minimum atomic E-state index is -0.315. The molecule has 2 rings (SSSR count). The lowest BCUT2D eigenvalue weighted by Crippen LogP contribution is -2.42. The van der Waals surface area contributed by atoms with Crippen LogP contribution >= 0.6 is 34.8 Å². The van der Waals surface area contributed by atoms with Crippen molar-refractivity contribution in [3.05, 3.63) is 63.1 Å². The highest BCUT2D eigenvalue weighted by molar-refractivity contribution is 6.35. The molecule has 0 aliphatic heterocycles. The number of ether oxygens (including phenoxy) is 1. The molecule has 2 amide bonds. The van der Waals surface area contributed by atoms with Gasteiger partial charge in [-0.1, -0.05) is 46.9 Å². The summed E-state index contributed by atoms with van der Waals surface area (Å²) in [5, 5.41) is 1.54. The number of halogens is 3. The first-order valence-corrected chi connectivity index (χ1v) is 8.97. The van der Waals surface area contributed by atoms with Crippen molar-refractivity contribution in [3.8, 4) is 5.75 Å². The van der Waals surface area contributed by atoms with Gasteiger partial charge in [-0.2, -0.15) is 0 Å². The first-order valence-electron chi connectivity index (χ1n) is 7.84. The normalized spacial score (nSPS) is 10.3. The van der Waals surface area contributed by atoms with E-state index in [1.165, 1.54) is 0 Å². The van der Waals surface area contributed by atoms with Crippen LogP contribution in [0.2, 0.25) is 15.1 Å². The molecule has 0 spiro atoms. The van der Waals surface area contributed by atoms with E-state index in [1.807, 2.05) is 0 Å². The van der Waals surface area contributed by atoms with E-state index in [1.54, 1.807) is 42.5 Å². The van der Waals surface area contributed by atoms with Crippen LogP contribution in [-0.4, -0.2) is 18.4 Å². The smallest absolute Gasteiger partial charge is 0.242 e. The SMILES string of the molecule is O=C(CCCOc1ccc(Cl)cc1Cl)NNC(=O)Cc1ccc(Cl)cc1. The second-order valence-corrected chi connectivity index (χ2v) is 6.71. The number of hydrazine groups is 1. The molecule has 0 aliphatic carbocycles. The molecule has 2 aromatic rings. The lowest BCUT2D eigenvalue weighted by atomic mass is 10.1. The standard InChI is InChI=1S/C18H17Cl3N2O3/c19-13-5-3-12(4-6-13)10-18(25)23-22-17(24)2-1-9-26-16-8-7-14(20)11-15(16)21/h3-8,11H,1-2,9-10H2,(H,22,24)(H,23,25). The van der Waals surface area contributed by atoms with Crippen molar-refractivity contribution in [2.75, 3.05) is 6.61 Å². The Kier molecular flexibility index (Phi) is 8.04. The molecule has 0 unspecified atom stereocenters. The minimum Gasteiger partial charge on any atom is -0.492 e. The number of carbonyl (C=O) groups excluding carboxylic acids is 2. The monoisotopic (exact) mass is 414 g/mol. The topological polar surface area (TPSA) is 67.4 Å². The van der Waals surface area contributed by atoms with E-state index in [-0.39, 0.29) is 24.7 Å². The highest BCUT2D eigenvalue weighted by Gasteiger charge is 2.07. The Hall–Kier alpha value is -1.95. The quantitative estimate of drug-likeness (QED) is 0.526. The van der Waals surface area contributed by atoms with Crippen LogP contribution in [0.1, 0.15) is 18.4 Å². The number of hydrogen-bond donors (Lipinski definition) is 2. The summed E-state index contributed by atoms with van der Waals surface area (Å²) in [6.45, 7) is 0.313. The summed E-state index contributed by atoms with van der Waals surface area (Å²) in [6, 6.07) is 11.8. The molecular weight excluding hydrogens is 399 g/mol. The first-order chi connectivity index (χ1) is 12.4. The number of amides is 2. The molecule has 138 valence electrons. The van der Waals surface area contributed by atoms with Gasteiger partial charge in [-0.3, -0.25) is 20.4 Å². The third-order valence-corrected chi connectivity index (χ3v) is 4.10. The predicted molar refractivity (Wildman–Crippen MR) is 103 cm³/mol. The van der Waals surface area contributed by atoms with Gasteiger partial charge in [0.05, 0.1) is 18.1 Å². The molecule has 0 atom stereocenters. The van der Waals surface area contributed by atoms with Crippen LogP contribution in [0.5, 0.6) is 5.75 Å². The van der Waals surface area contributed by atoms with Crippen LogP contribution in [0, 0.1) is 0 Å². The molecule has 8 heteroatoms. The van der Waals surface area contributed by atoms with Crippen molar-refractivity contribution in [2.45, 2.75) is 19.3 Å². The lowest BCUT2D eigenvalue weighted by Gasteiger charge is -2.09. The van der Waals surface area contributed by atoms with Gasteiger partial charge in [0.15, 0.2) is 0 Å². The zero-order valence-corrected chi connectivity index (χ0v) is 16.0. The van der Waals surface area contributed by atoms with E-state index < -0.39 is 0 Å². The fourth-order valence-electron chi connectivity index (χ4n) is 2.04. The Morgan fingerprint density at radius 3 is 2.23 bits per heavy atom. The summed E-state index contributed by atoms with van der Waals surface area (Å²) in [4.78, 5) is 23.5. The molecule has 2 aromatic carbocycles. The van der Waals surface area contributed by atoms with Gasteiger partial charge in [-0.15, -0.1) is 0 Å². The number of nitrogens with one attached hydrogen (secondary N) is 2. The Bertz CT molecular complexity index is 767. The summed E-state index contributed by atoms with van der Waals surface area (Å²) < 4.78 is 5.49. The number of rotatable bonds is 7. The Balaban J connectivity index is 1.62. The van der Waals surface area contributed by atoms with E-state index >= 15 is 0 Å². The van der Waals surface area contributed by atoms with Crippen LogP contribution in [0.4, 0.5) is 0 Å². The molecule has 0 radical (unpaired) electrons. The van der Waals surface area contributed by atoms with Gasteiger partial charge < -0.3 is 4.74 Å². The van der Waals surface area contributed by atoms with E-state index in [2.05, 4.69) is 10.9 Å². The molecule has 2 N–H and O–H groups in total. The maximum absolute atomic E-state index is 11.8. The van der Waals surface area contributed by atoms with E-state index in [4.69, 9.17) is 39.5 Å². The molecule has 5 nitrogen and oxygen atoms in total. The Morgan fingerprint density at radius 1 is 0.885 bits per heavy atom. The summed E-state index contributed by atoms with van der Waals surface area (Å²) in [5.74, 6) is -0.113. The summed E-state index contributed by atoms with van der Waals surface area (Å²) >= 11 is 17.6. The third-order valence-electron chi connectivity index (χ3n) is 3.32. The lowest BCUT2D eigenvalue weighted by molar-refractivity contribution is -0.128. The van der Waals surface area contributed by atoms with Crippen molar-refractivity contribution in [1.82, 2.24) is 10.9 Å². The van der Waals surface area contributed by atoms with Crippen molar-refractivity contribution in [3.63, 3.8) is 0 Å². The molecule has 0 saturated heterocycles. The molecule has 26 heavy (non-hydrogen) atoms. The van der Waals surface area contributed by atoms with Crippen molar-refractivity contribution in [2.24, 2.45) is 0 Å². The highest BCUT2D eigenvalue weighted by atomic mass is 35.5. The molecular formula is C18H17Cl3N2O3. The van der Waals surface area contributed by atoms with E-state index in [9.17, 15) is 9.59 Å². The maximum Gasteiger partial charge on any atom is 0.242 e. The largest absolute Gasteiger partial charge is 0.492 e. The molecule has 0 aromatic heterocycles. The molecule has 0 heterocycles. The average molecular weight is 416 g/mol. The van der Waals surface area contributed by atoms with Gasteiger partial charge in [-0.05, 0) is 42.3 Å². The highest BCUT2D eigenvalue weighted by Crippen LogP contribution is 2.27. The first kappa shape index (κ1) is 20.4. The predicted octanol–water partition coefficient (Wildman–Crippen LogP) is 4.20. The van der Waals surface area contributed by atoms with Crippen molar-refractivity contribution >= 4 is 46.6 Å². The number of hydrogen-bond acceptors (Lipinski definition) is 3. The van der Waals surface area contributed by atoms with Crippen LogP contribution in [0.25, 0.3) is 0 Å². The van der Waals surface area contributed by atoms with Crippen LogP contribution in [0.15, 0.2) is 42.5 Å². The van der Waals surface area contributed by atoms with E-state index in [0.29, 0.717) is 33.8 Å². The van der Waals surface area contributed by atoms with Crippen molar-refractivity contribution in [1.29, 1.82) is 0 Å². The van der Waals surface area contributed by atoms with Crippen LogP contribution < -0.4 is 15.6 Å². The second kappa shape index (κ2) is 10.3. The van der Waals surface area contributed by atoms with E-state index in [0.717, 1.165) is 5.56 Å². The average Bonchev–Trinajstić information content (AvgIpc) is 2.60. The van der Waals surface area contributed by atoms with Gasteiger partial charge in [0, 0.05) is 16.5 Å². The molecule has 0 fully saturated rings. The molecule has 0 saturated carbocycles. The molecule has 0 aliphatic rings. The fraction of sp³-hybridized carbons (Fsp3) is 0.222. The number of carbonyl (C=O) groups is 2. The summed E-state index contributed by atoms with van der Waals surface area (Å²) in [5.41, 5.74) is 5.54. The number of benzene rings is 2. The zero-order valence-electron chi connectivity index (χ0n) is 13.7. The van der Waals surface area contributed by atoms with Crippen LogP contribution in [-0.2, 0) is 16.0 Å². The van der Waals surface area contributed by atoms with Gasteiger partial charge in [0.2, 0.25) is 11.8 Å². The molecule has 0 bridgehead atoms. The van der Waals surface area contributed by atoms with Gasteiger partial charge in [0.1, 0.15) is 5.75 Å². The van der Waals surface area contributed by atoms with Crippen molar-refractivity contribution < 1.29 is 14.3 Å². The van der Waals surface area contributed by atoms with Gasteiger partial charge in [0.25, 0.3) is 0 Å². The Labute approximate surface area is 166 Å². The second-order valence-electron chi connectivity index (χ2n) is 5.43.